The zero-order chi connectivity index (χ0) is 22.3. The molecule has 1 aromatic heterocycles. The predicted octanol–water partition coefficient (Wildman–Crippen LogP) is 5.65. The van der Waals surface area contributed by atoms with E-state index in [9.17, 15) is 13.6 Å². The Morgan fingerprint density at radius 3 is 2.61 bits per heavy atom. The van der Waals surface area contributed by atoms with Crippen LogP contribution in [0.4, 0.5) is 8.78 Å². The first-order chi connectivity index (χ1) is 14.7. The first-order valence-corrected chi connectivity index (χ1v) is 10.4. The molecule has 31 heavy (non-hydrogen) atoms. The molecule has 162 valence electrons. The molecule has 1 N–H and O–H groups in total. The third kappa shape index (κ3) is 4.00. The Morgan fingerprint density at radius 1 is 1.16 bits per heavy atom. The number of para-hydroxylation sites is 1. The maximum atomic E-state index is 13.8. The maximum Gasteiger partial charge on any atom is 0.257 e. The van der Waals surface area contributed by atoms with Crippen molar-refractivity contribution in [3.63, 3.8) is 0 Å². The molecule has 0 radical (unpaired) electrons. The number of amides is 1. The van der Waals surface area contributed by atoms with Crippen molar-refractivity contribution in [2.24, 2.45) is 0 Å². The number of hydrogen-bond donors (Lipinski definition) is 1. The van der Waals surface area contributed by atoms with Gasteiger partial charge in [0.05, 0.1) is 18.4 Å². The zero-order valence-electron chi connectivity index (χ0n) is 18.1. The Labute approximate surface area is 180 Å². The number of nitrogens with one attached hydrogen (secondary N) is 1. The van der Waals surface area contributed by atoms with Gasteiger partial charge in [-0.3, -0.25) is 4.79 Å². The van der Waals surface area contributed by atoms with Crippen LogP contribution in [0.15, 0.2) is 48.7 Å². The Bertz CT molecular complexity index is 1180. The van der Waals surface area contributed by atoms with E-state index in [-0.39, 0.29) is 17.6 Å². The lowest BCUT2D eigenvalue weighted by Gasteiger charge is -2.29. The number of carbonyl (C=O) groups excluding carboxylic acids is 1. The first-order valence-electron chi connectivity index (χ1n) is 10.4. The van der Waals surface area contributed by atoms with E-state index in [0.717, 1.165) is 39.9 Å². The van der Waals surface area contributed by atoms with E-state index in [2.05, 4.69) is 24.9 Å². The Kier molecular flexibility index (Phi) is 5.43. The van der Waals surface area contributed by atoms with Gasteiger partial charge in [-0.15, -0.1) is 0 Å². The summed E-state index contributed by atoms with van der Waals surface area (Å²) in [6.07, 6.45) is 1.79. The summed E-state index contributed by atoms with van der Waals surface area (Å²) in [5, 5.41) is 1.10. The lowest BCUT2D eigenvalue weighted by molar-refractivity contribution is 0.0797. The number of hydrogen-bond acceptors (Lipinski definition) is 2. The van der Waals surface area contributed by atoms with E-state index in [0.29, 0.717) is 13.2 Å². The van der Waals surface area contributed by atoms with Crippen LogP contribution >= 0.6 is 0 Å². The number of benzene rings is 2. The van der Waals surface area contributed by atoms with Crippen LogP contribution < -0.4 is 0 Å². The number of aromatic amines is 1. The number of aromatic nitrogens is 1. The number of rotatable bonds is 4. The highest BCUT2D eigenvalue weighted by Gasteiger charge is 2.35. The third-order valence-corrected chi connectivity index (χ3v) is 5.58. The fourth-order valence-electron chi connectivity index (χ4n) is 4.18. The Balaban J connectivity index is 1.83. The van der Waals surface area contributed by atoms with Gasteiger partial charge in [-0.2, -0.15) is 0 Å². The lowest BCUT2D eigenvalue weighted by atomic mass is 9.82. The van der Waals surface area contributed by atoms with Crippen molar-refractivity contribution < 1.29 is 18.3 Å². The molecule has 6 heteroatoms. The molecule has 4 nitrogen and oxygen atoms in total. The lowest BCUT2D eigenvalue weighted by Crippen LogP contribution is -2.37. The van der Waals surface area contributed by atoms with Crippen molar-refractivity contribution >= 4 is 22.4 Å². The van der Waals surface area contributed by atoms with Crippen molar-refractivity contribution in [2.45, 2.75) is 39.2 Å². The fourth-order valence-corrected chi connectivity index (χ4v) is 4.18. The molecular weight excluding hydrogens is 398 g/mol. The topological polar surface area (TPSA) is 45.3 Å². The fraction of sp³-hybridized carbons (Fsp3) is 0.320. The number of halogens is 2. The van der Waals surface area contributed by atoms with Crippen molar-refractivity contribution in [1.82, 2.24) is 9.88 Å². The van der Waals surface area contributed by atoms with Crippen LogP contribution in [-0.4, -0.2) is 35.0 Å². The summed E-state index contributed by atoms with van der Waals surface area (Å²) in [6.45, 7) is 8.77. The Hall–Kier alpha value is -2.99. The molecule has 3 aromatic rings. The van der Waals surface area contributed by atoms with Crippen LogP contribution in [-0.2, 0) is 10.2 Å². The van der Waals surface area contributed by atoms with Crippen molar-refractivity contribution in [2.75, 3.05) is 13.2 Å². The monoisotopic (exact) mass is 424 g/mol. The standard InChI is InChI=1S/C25H26F2N2O2/c1-15(2)31-13-17-12-29(24(30)16-9-10-19(26)20(27)11-16)14-25(3,4)22-18-7-5-6-8-21(18)28-23(17)22/h5-12,15,28H,13-14H2,1-4H3. The molecule has 0 fully saturated rings. The molecule has 1 amide bonds. The molecule has 4 rings (SSSR count). The second-order valence-corrected chi connectivity index (χ2v) is 8.88. The molecule has 0 unspecified atom stereocenters. The van der Waals surface area contributed by atoms with Gasteiger partial charge in [0.15, 0.2) is 11.6 Å². The molecule has 1 aliphatic heterocycles. The summed E-state index contributed by atoms with van der Waals surface area (Å²) in [6, 6.07) is 11.3. The third-order valence-electron chi connectivity index (χ3n) is 5.58. The normalized spacial score (nSPS) is 15.7. The molecule has 0 aliphatic carbocycles. The van der Waals surface area contributed by atoms with Crippen molar-refractivity contribution in [3.8, 4) is 0 Å². The van der Waals surface area contributed by atoms with E-state index in [1.165, 1.54) is 6.07 Å². The van der Waals surface area contributed by atoms with Crippen LogP contribution in [0, 0.1) is 11.6 Å². The molecule has 0 saturated carbocycles. The van der Waals surface area contributed by atoms with E-state index in [1.54, 1.807) is 11.1 Å². The summed E-state index contributed by atoms with van der Waals surface area (Å²) in [4.78, 5) is 18.3. The second kappa shape index (κ2) is 7.93. The van der Waals surface area contributed by atoms with Gasteiger partial charge in [0, 0.05) is 40.2 Å². The Morgan fingerprint density at radius 2 is 1.90 bits per heavy atom. The van der Waals surface area contributed by atoms with E-state index in [4.69, 9.17) is 4.74 Å². The summed E-state index contributed by atoms with van der Waals surface area (Å²) in [5.74, 6) is -2.40. The molecule has 0 bridgehead atoms. The molecular formula is C25H26F2N2O2. The second-order valence-electron chi connectivity index (χ2n) is 8.88. The maximum absolute atomic E-state index is 13.8. The minimum Gasteiger partial charge on any atom is -0.374 e. The highest BCUT2D eigenvalue weighted by Crippen LogP contribution is 2.40. The van der Waals surface area contributed by atoms with Crippen molar-refractivity contribution in [3.05, 3.63) is 77.1 Å². The van der Waals surface area contributed by atoms with Gasteiger partial charge < -0.3 is 14.6 Å². The summed E-state index contributed by atoms with van der Waals surface area (Å²) in [7, 11) is 0. The minimum absolute atomic E-state index is 0.0142. The average Bonchev–Trinajstić information content (AvgIpc) is 3.07. The van der Waals surface area contributed by atoms with E-state index in [1.807, 2.05) is 32.0 Å². The highest BCUT2D eigenvalue weighted by atomic mass is 19.2. The number of nitrogens with zero attached hydrogens (tertiary/aromatic N) is 1. The van der Waals surface area contributed by atoms with Gasteiger partial charge in [-0.1, -0.05) is 32.0 Å². The van der Waals surface area contributed by atoms with Crippen LogP contribution in [0.2, 0.25) is 0 Å². The zero-order valence-corrected chi connectivity index (χ0v) is 18.1. The van der Waals surface area contributed by atoms with Gasteiger partial charge in [0.25, 0.3) is 5.91 Å². The van der Waals surface area contributed by atoms with Crippen LogP contribution in [0.5, 0.6) is 0 Å². The predicted molar refractivity (Wildman–Crippen MR) is 118 cm³/mol. The minimum atomic E-state index is -1.04. The molecule has 0 saturated heterocycles. The van der Waals surface area contributed by atoms with Gasteiger partial charge >= 0.3 is 0 Å². The molecule has 1 aliphatic rings. The van der Waals surface area contributed by atoms with Crippen LogP contribution in [0.1, 0.15) is 49.3 Å². The number of carbonyl (C=O) groups is 1. The molecule has 0 atom stereocenters. The smallest absolute Gasteiger partial charge is 0.257 e. The first kappa shape index (κ1) is 21.2. The quantitative estimate of drug-likeness (QED) is 0.589. The average molecular weight is 424 g/mol. The molecule has 2 heterocycles. The number of fused-ring (bicyclic) bond motifs is 3. The van der Waals surface area contributed by atoms with Gasteiger partial charge in [-0.05, 0) is 43.7 Å². The summed E-state index contributed by atoms with van der Waals surface area (Å²) in [5.41, 5.74) is 3.61. The molecule has 2 aromatic carbocycles. The summed E-state index contributed by atoms with van der Waals surface area (Å²) < 4.78 is 33.1. The summed E-state index contributed by atoms with van der Waals surface area (Å²) >= 11 is 0. The van der Waals surface area contributed by atoms with Crippen LogP contribution in [0.3, 0.4) is 0 Å². The SMILES string of the molecule is CC(C)OCC1=CN(C(=O)c2ccc(F)c(F)c2)CC(C)(C)c2c1[nH]c1ccccc21. The molecule has 0 spiro atoms. The largest absolute Gasteiger partial charge is 0.374 e. The highest BCUT2D eigenvalue weighted by molar-refractivity contribution is 5.97. The number of H-pyrrole nitrogens is 1. The van der Waals surface area contributed by atoms with E-state index < -0.39 is 17.0 Å². The van der Waals surface area contributed by atoms with Gasteiger partial charge in [0.2, 0.25) is 0 Å². The van der Waals surface area contributed by atoms with Gasteiger partial charge in [0.1, 0.15) is 0 Å². The number of ether oxygens (including phenoxy) is 1. The van der Waals surface area contributed by atoms with Crippen molar-refractivity contribution in [1.29, 1.82) is 0 Å². The van der Waals surface area contributed by atoms with Crippen LogP contribution in [0.25, 0.3) is 16.5 Å². The van der Waals surface area contributed by atoms with Gasteiger partial charge in [-0.25, -0.2) is 8.78 Å². The van der Waals surface area contributed by atoms with E-state index >= 15 is 0 Å².